The molecular formula is C13H9BrClN3O3S. The van der Waals surface area contributed by atoms with E-state index in [-0.39, 0.29) is 17.3 Å². The van der Waals surface area contributed by atoms with Crippen molar-refractivity contribution in [1.82, 2.24) is 14.9 Å². The van der Waals surface area contributed by atoms with Gasteiger partial charge in [-0.25, -0.2) is 4.98 Å². The molecule has 22 heavy (non-hydrogen) atoms. The molecule has 1 unspecified atom stereocenters. The molecule has 0 saturated carbocycles. The summed E-state index contributed by atoms with van der Waals surface area (Å²) in [5.74, 6) is -1.01. The molecule has 0 spiro atoms. The van der Waals surface area contributed by atoms with E-state index in [1.54, 1.807) is 12.1 Å². The van der Waals surface area contributed by atoms with E-state index in [9.17, 15) is 14.8 Å². The highest BCUT2D eigenvalue weighted by molar-refractivity contribution is 9.10. The average Bonchev–Trinajstić information content (AvgIpc) is 3.03. The van der Waals surface area contributed by atoms with Gasteiger partial charge in [0.25, 0.3) is 11.8 Å². The van der Waals surface area contributed by atoms with Crippen LogP contribution >= 0.6 is 38.9 Å². The summed E-state index contributed by atoms with van der Waals surface area (Å²) in [6.07, 6.45) is 0.605. The summed E-state index contributed by atoms with van der Waals surface area (Å²) < 4.78 is 0.812. The normalized spacial score (nSPS) is 18.1. The lowest BCUT2D eigenvalue weighted by Crippen LogP contribution is -2.34. The quantitative estimate of drug-likeness (QED) is 0.619. The topological polar surface area (TPSA) is 73.7 Å². The fourth-order valence-electron chi connectivity index (χ4n) is 2.19. The van der Waals surface area contributed by atoms with Crippen LogP contribution in [0.2, 0.25) is 5.15 Å². The standard InChI is InChI=1S/C13H9BrClN3O3S/c14-7-4-9(22-6-7)12-17(5-10(19)18(12)21)13(20)8-2-1-3-16-11(8)15/h1-4,6,12,21H,5H2. The van der Waals surface area contributed by atoms with Gasteiger partial charge in [-0.2, -0.15) is 5.06 Å². The minimum absolute atomic E-state index is 0.0578. The summed E-state index contributed by atoms with van der Waals surface area (Å²) in [5, 5.41) is 12.4. The molecule has 1 saturated heterocycles. The fraction of sp³-hybridized carbons (Fsp3) is 0.154. The summed E-state index contributed by atoms with van der Waals surface area (Å²) in [4.78, 5) is 30.3. The number of hydroxylamine groups is 2. The lowest BCUT2D eigenvalue weighted by Gasteiger charge is -2.25. The predicted molar refractivity (Wildman–Crippen MR) is 83.7 cm³/mol. The van der Waals surface area contributed by atoms with Crippen LogP contribution in [0.3, 0.4) is 0 Å². The van der Waals surface area contributed by atoms with Crippen LogP contribution in [0.1, 0.15) is 21.4 Å². The number of rotatable bonds is 2. The van der Waals surface area contributed by atoms with E-state index in [0.29, 0.717) is 9.94 Å². The third-order valence-electron chi connectivity index (χ3n) is 3.18. The molecule has 6 nitrogen and oxygen atoms in total. The van der Waals surface area contributed by atoms with Gasteiger partial charge < -0.3 is 4.90 Å². The first-order valence-corrected chi connectivity index (χ1v) is 8.20. The summed E-state index contributed by atoms with van der Waals surface area (Å²) in [7, 11) is 0. The van der Waals surface area contributed by atoms with Gasteiger partial charge >= 0.3 is 0 Å². The molecule has 114 valence electrons. The molecule has 9 heteroatoms. The van der Waals surface area contributed by atoms with E-state index in [0.717, 1.165) is 4.47 Å². The molecule has 1 fully saturated rings. The van der Waals surface area contributed by atoms with Gasteiger partial charge in [0, 0.05) is 16.0 Å². The van der Waals surface area contributed by atoms with E-state index in [1.807, 2.05) is 5.38 Å². The first kappa shape index (κ1) is 15.4. The molecule has 1 N–H and O–H groups in total. The number of carbonyl (C=O) groups excluding carboxylic acids is 2. The maximum absolute atomic E-state index is 12.7. The first-order chi connectivity index (χ1) is 10.5. The summed E-state index contributed by atoms with van der Waals surface area (Å²) >= 11 is 10.6. The molecule has 1 atom stereocenters. The number of aromatic nitrogens is 1. The third kappa shape index (κ3) is 2.63. The van der Waals surface area contributed by atoms with Crippen molar-refractivity contribution in [3.8, 4) is 0 Å². The number of nitrogens with zero attached hydrogens (tertiary/aromatic N) is 3. The molecule has 3 rings (SSSR count). The Bertz CT molecular complexity index is 754. The Morgan fingerprint density at radius 1 is 1.55 bits per heavy atom. The molecule has 0 aliphatic carbocycles. The highest BCUT2D eigenvalue weighted by Crippen LogP contribution is 2.36. The Labute approximate surface area is 143 Å². The van der Waals surface area contributed by atoms with E-state index in [4.69, 9.17) is 11.6 Å². The first-order valence-electron chi connectivity index (χ1n) is 6.15. The van der Waals surface area contributed by atoms with Gasteiger partial charge in [-0.15, -0.1) is 11.3 Å². The van der Waals surface area contributed by atoms with E-state index >= 15 is 0 Å². The largest absolute Gasteiger partial charge is 0.302 e. The monoisotopic (exact) mass is 401 g/mol. The Morgan fingerprint density at radius 2 is 2.32 bits per heavy atom. The average molecular weight is 403 g/mol. The van der Waals surface area contributed by atoms with Crippen molar-refractivity contribution in [2.45, 2.75) is 6.17 Å². The molecule has 0 bridgehead atoms. The summed E-state index contributed by atoms with van der Waals surface area (Å²) in [6.45, 7) is -0.221. The predicted octanol–water partition coefficient (Wildman–Crippen LogP) is 2.93. The summed E-state index contributed by atoms with van der Waals surface area (Å²) in [5.41, 5.74) is 0.188. The van der Waals surface area contributed by atoms with Crippen molar-refractivity contribution in [1.29, 1.82) is 0 Å². The van der Waals surface area contributed by atoms with Crippen LogP contribution in [-0.4, -0.2) is 38.5 Å². The maximum Gasteiger partial charge on any atom is 0.267 e. The number of pyridine rings is 1. The van der Waals surface area contributed by atoms with Crippen LogP contribution in [0, 0.1) is 0 Å². The second-order valence-corrected chi connectivity index (χ2v) is 6.77. The lowest BCUT2D eigenvalue weighted by atomic mass is 10.2. The molecule has 0 radical (unpaired) electrons. The van der Waals surface area contributed by atoms with E-state index < -0.39 is 18.0 Å². The Morgan fingerprint density at radius 3 is 2.95 bits per heavy atom. The van der Waals surface area contributed by atoms with Crippen LogP contribution in [0.25, 0.3) is 0 Å². The van der Waals surface area contributed by atoms with Gasteiger partial charge in [-0.1, -0.05) is 11.6 Å². The van der Waals surface area contributed by atoms with Crippen molar-refractivity contribution in [2.75, 3.05) is 6.54 Å². The van der Waals surface area contributed by atoms with E-state index in [1.165, 1.54) is 28.5 Å². The lowest BCUT2D eigenvalue weighted by molar-refractivity contribution is -0.168. The van der Waals surface area contributed by atoms with Crippen molar-refractivity contribution < 1.29 is 14.8 Å². The van der Waals surface area contributed by atoms with Crippen molar-refractivity contribution in [2.24, 2.45) is 0 Å². The Kier molecular flexibility index (Phi) is 4.18. The SMILES string of the molecule is O=C1CN(C(=O)c2cccnc2Cl)C(c2cc(Br)cs2)N1O. The zero-order valence-corrected chi connectivity index (χ0v) is 14.1. The molecule has 2 aromatic heterocycles. The van der Waals surface area contributed by atoms with Crippen molar-refractivity contribution in [3.05, 3.63) is 49.8 Å². The zero-order chi connectivity index (χ0) is 15.9. The molecule has 1 aliphatic rings. The van der Waals surface area contributed by atoms with Crippen LogP contribution in [0.5, 0.6) is 0 Å². The van der Waals surface area contributed by atoms with Gasteiger partial charge in [0.1, 0.15) is 11.7 Å². The van der Waals surface area contributed by atoms with Gasteiger partial charge in [0.05, 0.1) is 10.4 Å². The molecule has 1 aliphatic heterocycles. The Hall–Kier alpha value is -1.48. The van der Waals surface area contributed by atoms with Gasteiger partial charge in [0.15, 0.2) is 6.17 Å². The third-order valence-corrected chi connectivity index (χ3v) is 5.22. The van der Waals surface area contributed by atoms with Gasteiger partial charge in [-0.3, -0.25) is 14.8 Å². The van der Waals surface area contributed by atoms with Crippen molar-refractivity contribution >= 4 is 50.7 Å². The molecule has 2 amide bonds. The number of hydrogen-bond donors (Lipinski definition) is 1. The highest BCUT2D eigenvalue weighted by atomic mass is 79.9. The smallest absolute Gasteiger partial charge is 0.267 e. The molecule has 3 heterocycles. The summed E-state index contributed by atoms with van der Waals surface area (Å²) in [6, 6.07) is 4.87. The van der Waals surface area contributed by atoms with Crippen LogP contribution in [0.4, 0.5) is 0 Å². The number of carbonyl (C=O) groups is 2. The number of amides is 2. The van der Waals surface area contributed by atoms with Crippen molar-refractivity contribution in [3.63, 3.8) is 0 Å². The maximum atomic E-state index is 12.7. The molecule has 2 aromatic rings. The van der Waals surface area contributed by atoms with E-state index in [2.05, 4.69) is 20.9 Å². The highest BCUT2D eigenvalue weighted by Gasteiger charge is 2.42. The second kappa shape index (κ2) is 5.96. The minimum atomic E-state index is -0.868. The van der Waals surface area contributed by atoms with Gasteiger partial charge in [-0.05, 0) is 34.1 Å². The minimum Gasteiger partial charge on any atom is -0.302 e. The molecular weight excluding hydrogens is 394 g/mol. The van der Waals surface area contributed by atoms with Gasteiger partial charge in [0.2, 0.25) is 0 Å². The Balaban J connectivity index is 1.99. The van der Waals surface area contributed by atoms with Crippen LogP contribution in [-0.2, 0) is 4.79 Å². The molecule has 0 aromatic carbocycles. The number of thiophene rings is 1. The second-order valence-electron chi connectivity index (χ2n) is 4.55. The number of halogens is 2. The zero-order valence-electron chi connectivity index (χ0n) is 10.9. The number of hydrogen-bond acceptors (Lipinski definition) is 5. The van der Waals surface area contributed by atoms with Crippen LogP contribution < -0.4 is 0 Å². The fourth-order valence-corrected chi connectivity index (χ4v) is 3.93. The van der Waals surface area contributed by atoms with Crippen LogP contribution in [0.15, 0.2) is 34.2 Å².